The molecule has 0 aliphatic carbocycles. The lowest BCUT2D eigenvalue weighted by molar-refractivity contribution is 0.231. The highest BCUT2D eigenvalue weighted by Gasteiger charge is 2.17. The van der Waals surface area contributed by atoms with E-state index in [0.29, 0.717) is 12.5 Å². The van der Waals surface area contributed by atoms with Crippen molar-refractivity contribution in [2.75, 3.05) is 6.61 Å². The van der Waals surface area contributed by atoms with Gasteiger partial charge in [0.2, 0.25) is 0 Å². The molecule has 3 aromatic rings. The van der Waals surface area contributed by atoms with Crippen molar-refractivity contribution in [1.29, 1.82) is 0 Å². The van der Waals surface area contributed by atoms with Crippen molar-refractivity contribution in [2.45, 2.75) is 39.7 Å². The number of aromatic nitrogens is 2. The second kappa shape index (κ2) is 7.10. The van der Waals surface area contributed by atoms with Crippen LogP contribution in [0.15, 0.2) is 36.0 Å². The molecule has 0 radical (unpaired) electrons. The van der Waals surface area contributed by atoms with E-state index in [-0.39, 0.29) is 5.54 Å². The van der Waals surface area contributed by atoms with E-state index in [0.717, 1.165) is 33.6 Å². The number of ether oxygens (including phenoxy) is 1. The zero-order valence-electron chi connectivity index (χ0n) is 15.2. The number of nitrogens with zero attached hydrogens (tertiary/aromatic N) is 2. The predicted octanol–water partition coefficient (Wildman–Crippen LogP) is 4.81. The Morgan fingerprint density at radius 1 is 1.24 bits per heavy atom. The van der Waals surface area contributed by atoms with Crippen LogP contribution in [0.5, 0.6) is 5.75 Å². The summed E-state index contributed by atoms with van der Waals surface area (Å²) >= 11 is 1.64. The predicted molar refractivity (Wildman–Crippen MR) is 105 cm³/mol. The molecule has 132 valence electrons. The van der Waals surface area contributed by atoms with Gasteiger partial charge in [0.1, 0.15) is 11.3 Å². The van der Waals surface area contributed by atoms with Crippen LogP contribution in [0.4, 0.5) is 0 Å². The third-order valence-corrected chi connectivity index (χ3v) is 4.91. The molecule has 2 aromatic heterocycles. The molecule has 1 atom stereocenters. The fourth-order valence-corrected chi connectivity index (χ4v) is 4.01. The first-order chi connectivity index (χ1) is 11.8. The van der Waals surface area contributed by atoms with Gasteiger partial charge in [0, 0.05) is 23.0 Å². The largest absolute Gasteiger partial charge is 0.491 e. The van der Waals surface area contributed by atoms with Crippen LogP contribution in [0.3, 0.4) is 0 Å². The quantitative estimate of drug-likeness (QED) is 0.689. The first-order valence-electron chi connectivity index (χ1n) is 8.54. The first kappa shape index (κ1) is 17.8. The fraction of sp³-hybridized carbons (Fsp3) is 0.400. The molecule has 4 nitrogen and oxygen atoms in total. The normalized spacial score (nSPS) is 13.2. The molecule has 1 aromatic carbocycles. The van der Waals surface area contributed by atoms with Gasteiger partial charge in [-0.1, -0.05) is 6.92 Å². The number of nitrogens with two attached hydrogens (primary N) is 1. The Morgan fingerprint density at radius 3 is 2.76 bits per heavy atom. The van der Waals surface area contributed by atoms with E-state index in [1.807, 2.05) is 44.6 Å². The topological polar surface area (TPSA) is 61.0 Å². The second-order valence-corrected chi connectivity index (χ2v) is 8.29. The molecule has 0 aliphatic heterocycles. The summed E-state index contributed by atoms with van der Waals surface area (Å²) in [7, 11) is 0. The average molecular weight is 356 g/mol. The van der Waals surface area contributed by atoms with Gasteiger partial charge in [0.15, 0.2) is 0 Å². The van der Waals surface area contributed by atoms with E-state index < -0.39 is 0 Å². The monoisotopic (exact) mass is 355 g/mol. The zero-order valence-corrected chi connectivity index (χ0v) is 16.1. The number of aryl methyl sites for hydroxylation is 1. The van der Waals surface area contributed by atoms with E-state index in [2.05, 4.69) is 29.0 Å². The maximum atomic E-state index is 6.10. The Morgan fingerprint density at radius 2 is 2.04 bits per heavy atom. The lowest BCUT2D eigenvalue weighted by Crippen LogP contribution is -2.35. The van der Waals surface area contributed by atoms with Gasteiger partial charge in [0.25, 0.3) is 0 Å². The van der Waals surface area contributed by atoms with E-state index in [9.17, 15) is 0 Å². The minimum Gasteiger partial charge on any atom is -0.491 e. The number of thiazole rings is 1. The molecule has 0 fully saturated rings. The summed E-state index contributed by atoms with van der Waals surface area (Å²) < 4.78 is 7.22. The summed E-state index contributed by atoms with van der Waals surface area (Å²) in [6, 6.07) is 8.27. The summed E-state index contributed by atoms with van der Waals surface area (Å²) in [5, 5.41) is 0. The minimum absolute atomic E-state index is 0.179. The molecule has 0 bridgehead atoms. The van der Waals surface area contributed by atoms with Crippen LogP contribution < -0.4 is 10.5 Å². The van der Waals surface area contributed by atoms with Gasteiger partial charge in [-0.25, -0.2) is 4.98 Å². The standard InChI is InChI=1S/C20H25N3OS/c1-13(10-20(3,4)21)11-24-17-6-5-16(19-18(17)23-12-25-19)15-7-8-22-14(2)9-15/h5-9,12-13H,10-11,21H2,1-4H3/t13-/m0/s1. The van der Waals surface area contributed by atoms with Gasteiger partial charge in [0.05, 0.1) is 16.8 Å². The number of fused-ring (bicyclic) bond motifs is 1. The minimum atomic E-state index is -0.179. The molecule has 0 saturated heterocycles. The van der Waals surface area contributed by atoms with Crippen LogP contribution in [0.2, 0.25) is 0 Å². The molecule has 0 aliphatic rings. The van der Waals surface area contributed by atoms with Crippen molar-refractivity contribution in [2.24, 2.45) is 11.7 Å². The Bertz CT molecular complexity index is 867. The molecule has 2 heterocycles. The van der Waals surface area contributed by atoms with Crippen LogP contribution in [-0.4, -0.2) is 22.1 Å². The van der Waals surface area contributed by atoms with Gasteiger partial charge >= 0.3 is 0 Å². The van der Waals surface area contributed by atoms with Crippen molar-refractivity contribution in [1.82, 2.24) is 9.97 Å². The molecule has 0 amide bonds. The number of benzene rings is 1. The molecule has 0 spiro atoms. The summed E-state index contributed by atoms with van der Waals surface area (Å²) in [6.07, 6.45) is 2.76. The lowest BCUT2D eigenvalue weighted by Gasteiger charge is -2.23. The number of rotatable bonds is 6. The average Bonchev–Trinajstić information content (AvgIpc) is 3.00. The molecular weight excluding hydrogens is 330 g/mol. The lowest BCUT2D eigenvalue weighted by atomic mass is 9.93. The summed E-state index contributed by atoms with van der Waals surface area (Å²) in [4.78, 5) is 8.81. The van der Waals surface area contributed by atoms with Crippen LogP contribution in [-0.2, 0) is 0 Å². The highest BCUT2D eigenvalue weighted by molar-refractivity contribution is 7.17. The molecule has 25 heavy (non-hydrogen) atoms. The van der Waals surface area contributed by atoms with Crippen molar-refractivity contribution >= 4 is 21.6 Å². The second-order valence-electron chi connectivity index (χ2n) is 7.44. The Balaban J connectivity index is 1.85. The van der Waals surface area contributed by atoms with Crippen molar-refractivity contribution in [3.05, 3.63) is 41.7 Å². The third kappa shape index (κ3) is 4.35. The summed E-state index contributed by atoms with van der Waals surface area (Å²) in [5.74, 6) is 1.23. The Kier molecular flexibility index (Phi) is 5.06. The van der Waals surface area contributed by atoms with Crippen LogP contribution in [0.1, 0.15) is 32.9 Å². The molecule has 0 unspecified atom stereocenters. The number of hydrogen-bond donors (Lipinski definition) is 1. The van der Waals surface area contributed by atoms with Gasteiger partial charge in [-0.05, 0) is 62.9 Å². The van der Waals surface area contributed by atoms with E-state index in [1.165, 1.54) is 5.56 Å². The van der Waals surface area contributed by atoms with E-state index >= 15 is 0 Å². The van der Waals surface area contributed by atoms with Crippen molar-refractivity contribution in [3.8, 4) is 16.9 Å². The maximum absolute atomic E-state index is 6.10. The summed E-state index contributed by atoms with van der Waals surface area (Å²) in [5.41, 5.74) is 12.1. The van der Waals surface area contributed by atoms with Crippen LogP contribution in [0.25, 0.3) is 21.3 Å². The number of pyridine rings is 1. The van der Waals surface area contributed by atoms with Gasteiger partial charge in [-0.15, -0.1) is 11.3 Å². The SMILES string of the molecule is Cc1cc(-c2ccc(OC[C@@H](C)CC(C)(C)N)c3ncsc23)ccn1. The third-order valence-electron chi connectivity index (χ3n) is 4.05. The maximum Gasteiger partial charge on any atom is 0.146 e. The Labute approximate surface area is 153 Å². The molecule has 0 saturated carbocycles. The molecule has 5 heteroatoms. The molecular formula is C20H25N3OS. The van der Waals surface area contributed by atoms with Crippen LogP contribution in [0, 0.1) is 12.8 Å². The highest BCUT2D eigenvalue weighted by Crippen LogP contribution is 2.36. The number of hydrogen-bond acceptors (Lipinski definition) is 5. The Hall–Kier alpha value is -1.98. The van der Waals surface area contributed by atoms with E-state index in [4.69, 9.17) is 10.5 Å². The molecule has 3 rings (SSSR count). The fourth-order valence-electron chi connectivity index (χ4n) is 3.17. The first-order valence-corrected chi connectivity index (χ1v) is 9.42. The van der Waals surface area contributed by atoms with Gasteiger partial charge in [-0.3, -0.25) is 4.98 Å². The van der Waals surface area contributed by atoms with E-state index in [1.54, 1.807) is 11.3 Å². The molecule has 2 N–H and O–H groups in total. The van der Waals surface area contributed by atoms with Gasteiger partial charge < -0.3 is 10.5 Å². The van der Waals surface area contributed by atoms with Crippen LogP contribution >= 0.6 is 11.3 Å². The highest BCUT2D eigenvalue weighted by atomic mass is 32.1. The van der Waals surface area contributed by atoms with Crippen molar-refractivity contribution in [3.63, 3.8) is 0 Å². The van der Waals surface area contributed by atoms with Crippen molar-refractivity contribution < 1.29 is 4.74 Å². The summed E-state index contributed by atoms with van der Waals surface area (Å²) in [6.45, 7) is 8.91. The smallest absolute Gasteiger partial charge is 0.146 e. The van der Waals surface area contributed by atoms with Gasteiger partial charge in [-0.2, -0.15) is 0 Å². The zero-order chi connectivity index (χ0) is 18.0.